The molecule has 0 heterocycles. The molecule has 1 N–H and O–H groups in total. The molecule has 1 aliphatic rings. The molecule has 0 aromatic heterocycles. The van der Waals surface area contributed by atoms with Crippen molar-refractivity contribution in [3.05, 3.63) is 65.7 Å². The Labute approximate surface area is 127 Å². The van der Waals surface area contributed by atoms with Gasteiger partial charge in [0.15, 0.2) is 0 Å². The van der Waals surface area contributed by atoms with Gasteiger partial charge >= 0.3 is 0 Å². The Hall–Kier alpha value is -1.80. The SMILES string of the molecule is CNC(Cc1ccccc1OC)C1(c2ccccc2)CC1. The number of benzene rings is 2. The number of nitrogens with one attached hydrogen (secondary N) is 1. The molecule has 0 aliphatic heterocycles. The van der Waals surface area contributed by atoms with Crippen LogP contribution in [0.1, 0.15) is 24.0 Å². The molecule has 1 atom stereocenters. The van der Waals surface area contributed by atoms with E-state index in [1.165, 1.54) is 24.0 Å². The Kier molecular flexibility index (Phi) is 3.98. The molecular formula is C19H23NO. The predicted molar refractivity (Wildman–Crippen MR) is 86.9 cm³/mol. The van der Waals surface area contributed by atoms with Gasteiger partial charge in [0.05, 0.1) is 7.11 Å². The van der Waals surface area contributed by atoms with Crippen molar-refractivity contribution in [2.75, 3.05) is 14.2 Å². The van der Waals surface area contributed by atoms with Crippen LogP contribution in [0.25, 0.3) is 0 Å². The van der Waals surface area contributed by atoms with Crippen LogP contribution in [-0.2, 0) is 11.8 Å². The van der Waals surface area contributed by atoms with Crippen molar-refractivity contribution in [3.8, 4) is 5.75 Å². The van der Waals surface area contributed by atoms with Crippen LogP contribution in [0.5, 0.6) is 5.75 Å². The number of para-hydroxylation sites is 1. The van der Waals surface area contributed by atoms with Gasteiger partial charge < -0.3 is 10.1 Å². The molecule has 0 amide bonds. The van der Waals surface area contributed by atoms with Crippen LogP contribution in [0.2, 0.25) is 0 Å². The van der Waals surface area contributed by atoms with E-state index in [4.69, 9.17) is 4.74 Å². The Bertz CT molecular complexity index is 590. The van der Waals surface area contributed by atoms with Crippen molar-refractivity contribution in [1.82, 2.24) is 5.32 Å². The molecular weight excluding hydrogens is 258 g/mol. The molecule has 0 spiro atoms. The summed E-state index contributed by atoms with van der Waals surface area (Å²) in [4.78, 5) is 0. The molecule has 1 saturated carbocycles. The molecule has 2 heteroatoms. The van der Waals surface area contributed by atoms with Crippen LogP contribution in [-0.4, -0.2) is 20.2 Å². The lowest BCUT2D eigenvalue weighted by atomic mass is 9.84. The second kappa shape index (κ2) is 5.90. The van der Waals surface area contributed by atoms with Gasteiger partial charge in [0.2, 0.25) is 0 Å². The van der Waals surface area contributed by atoms with E-state index in [-0.39, 0.29) is 5.41 Å². The van der Waals surface area contributed by atoms with Gasteiger partial charge in [-0.1, -0.05) is 48.5 Å². The first kappa shape index (κ1) is 14.2. The fraction of sp³-hybridized carbons (Fsp3) is 0.368. The van der Waals surface area contributed by atoms with Crippen molar-refractivity contribution in [2.24, 2.45) is 0 Å². The smallest absolute Gasteiger partial charge is 0.122 e. The highest BCUT2D eigenvalue weighted by molar-refractivity contribution is 5.38. The van der Waals surface area contributed by atoms with Crippen molar-refractivity contribution in [2.45, 2.75) is 30.7 Å². The molecule has 0 radical (unpaired) electrons. The Balaban J connectivity index is 1.86. The van der Waals surface area contributed by atoms with Crippen molar-refractivity contribution >= 4 is 0 Å². The van der Waals surface area contributed by atoms with Gasteiger partial charge in [-0.2, -0.15) is 0 Å². The minimum absolute atomic E-state index is 0.289. The summed E-state index contributed by atoms with van der Waals surface area (Å²) < 4.78 is 5.50. The first-order valence-electron chi connectivity index (χ1n) is 7.65. The summed E-state index contributed by atoms with van der Waals surface area (Å²) >= 11 is 0. The second-order valence-corrected chi connectivity index (χ2v) is 5.88. The van der Waals surface area contributed by atoms with E-state index in [0.29, 0.717) is 6.04 Å². The highest BCUT2D eigenvalue weighted by atomic mass is 16.5. The first-order valence-corrected chi connectivity index (χ1v) is 7.65. The molecule has 0 bridgehead atoms. The second-order valence-electron chi connectivity index (χ2n) is 5.88. The maximum absolute atomic E-state index is 5.50. The first-order chi connectivity index (χ1) is 10.3. The third-order valence-corrected chi connectivity index (χ3v) is 4.77. The average molecular weight is 281 g/mol. The van der Waals surface area contributed by atoms with E-state index in [1.807, 2.05) is 12.1 Å². The molecule has 2 aromatic rings. The van der Waals surface area contributed by atoms with E-state index in [2.05, 4.69) is 54.8 Å². The Morgan fingerprint density at radius 1 is 1.05 bits per heavy atom. The summed E-state index contributed by atoms with van der Waals surface area (Å²) in [6, 6.07) is 19.7. The van der Waals surface area contributed by atoms with E-state index < -0.39 is 0 Å². The minimum Gasteiger partial charge on any atom is -0.496 e. The van der Waals surface area contributed by atoms with Crippen molar-refractivity contribution in [3.63, 3.8) is 0 Å². The molecule has 2 aromatic carbocycles. The van der Waals surface area contributed by atoms with E-state index in [1.54, 1.807) is 7.11 Å². The van der Waals surface area contributed by atoms with Gasteiger partial charge in [0, 0.05) is 11.5 Å². The maximum Gasteiger partial charge on any atom is 0.122 e. The fourth-order valence-electron chi connectivity index (χ4n) is 3.41. The largest absolute Gasteiger partial charge is 0.496 e. The van der Waals surface area contributed by atoms with Gasteiger partial charge in [-0.15, -0.1) is 0 Å². The average Bonchev–Trinajstić information content (AvgIpc) is 3.35. The lowest BCUT2D eigenvalue weighted by molar-refractivity contribution is 0.396. The van der Waals surface area contributed by atoms with Crippen LogP contribution in [0.3, 0.4) is 0 Å². The quantitative estimate of drug-likeness (QED) is 0.874. The van der Waals surface area contributed by atoms with Crippen molar-refractivity contribution in [1.29, 1.82) is 0 Å². The summed E-state index contributed by atoms with van der Waals surface area (Å²) in [5, 5.41) is 3.55. The molecule has 2 nitrogen and oxygen atoms in total. The molecule has 0 saturated heterocycles. The van der Waals surface area contributed by atoms with Crippen LogP contribution in [0, 0.1) is 0 Å². The van der Waals surface area contributed by atoms with E-state index >= 15 is 0 Å². The summed E-state index contributed by atoms with van der Waals surface area (Å²) in [7, 11) is 3.82. The topological polar surface area (TPSA) is 21.3 Å². The summed E-state index contributed by atoms with van der Waals surface area (Å²) in [6.07, 6.45) is 3.52. The fourth-order valence-corrected chi connectivity index (χ4v) is 3.41. The summed E-state index contributed by atoms with van der Waals surface area (Å²) in [5.74, 6) is 0.988. The zero-order valence-corrected chi connectivity index (χ0v) is 12.8. The minimum atomic E-state index is 0.289. The number of hydrogen-bond donors (Lipinski definition) is 1. The van der Waals surface area contributed by atoms with E-state index in [9.17, 15) is 0 Å². The summed E-state index contributed by atoms with van der Waals surface area (Å²) in [6.45, 7) is 0. The lowest BCUT2D eigenvalue weighted by Crippen LogP contribution is -2.39. The molecule has 21 heavy (non-hydrogen) atoms. The number of likely N-dealkylation sites (N-methyl/N-ethyl adjacent to an activating group) is 1. The van der Waals surface area contributed by atoms with Gasteiger partial charge in [-0.25, -0.2) is 0 Å². The van der Waals surface area contributed by atoms with Crippen molar-refractivity contribution < 1.29 is 4.74 Å². The highest BCUT2D eigenvalue weighted by Gasteiger charge is 2.49. The third-order valence-electron chi connectivity index (χ3n) is 4.77. The van der Waals surface area contributed by atoms with Gasteiger partial charge in [0.1, 0.15) is 5.75 Å². The van der Waals surface area contributed by atoms with E-state index in [0.717, 1.165) is 12.2 Å². The summed E-state index contributed by atoms with van der Waals surface area (Å²) in [5.41, 5.74) is 3.03. The standard InChI is InChI=1S/C19H23NO/c1-20-18(14-15-8-6-7-11-17(15)21-2)19(12-13-19)16-9-4-3-5-10-16/h3-11,18,20H,12-14H2,1-2H3. The third kappa shape index (κ3) is 2.68. The number of hydrogen-bond acceptors (Lipinski definition) is 2. The Morgan fingerprint density at radius 2 is 1.71 bits per heavy atom. The normalized spacial score (nSPS) is 17.2. The van der Waals surface area contributed by atoms with Crippen LogP contribution < -0.4 is 10.1 Å². The van der Waals surface area contributed by atoms with Gasteiger partial charge in [-0.05, 0) is 43.5 Å². The number of ether oxygens (including phenoxy) is 1. The maximum atomic E-state index is 5.50. The molecule has 3 rings (SSSR count). The van der Waals surface area contributed by atoms with Gasteiger partial charge in [-0.3, -0.25) is 0 Å². The number of rotatable bonds is 6. The van der Waals surface area contributed by atoms with Crippen LogP contribution in [0.4, 0.5) is 0 Å². The molecule has 1 unspecified atom stereocenters. The lowest BCUT2D eigenvalue weighted by Gasteiger charge is -2.28. The zero-order chi connectivity index (χ0) is 14.7. The molecule has 1 fully saturated rings. The molecule has 1 aliphatic carbocycles. The monoisotopic (exact) mass is 281 g/mol. The van der Waals surface area contributed by atoms with Crippen LogP contribution in [0.15, 0.2) is 54.6 Å². The predicted octanol–water partition coefficient (Wildman–Crippen LogP) is 3.56. The molecule has 110 valence electrons. The van der Waals surface area contributed by atoms with Gasteiger partial charge in [0.25, 0.3) is 0 Å². The number of methoxy groups -OCH3 is 1. The highest BCUT2D eigenvalue weighted by Crippen LogP contribution is 2.51. The van der Waals surface area contributed by atoms with Crippen LogP contribution >= 0.6 is 0 Å². The zero-order valence-electron chi connectivity index (χ0n) is 12.8. The Morgan fingerprint density at radius 3 is 2.33 bits per heavy atom.